The summed E-state index contributed by atoms with van der Waals surface area (Å²) in [5, 5.41) is 2.99. The molecule has 30 heavy (non-hydrogen) atoms. The highest BCUT2D eigenvalue weighted by Crippen LogP contribution is 2.07. The fourth-order valence-electron chi connectivity index (χ4n) is 2.88. The first-order valence-corrected chi connectivity index (χ1v) is 12.4. The quantitative estimate of drug-likeness (QED) is 0.134. The van der Waals surface area contributed by atoms with Gasteiger partial charge in [-0.1, -0.05) is 80.5 Å². The Morgan fingerprint density at radius 3 is 2.07 bits per heavy atom. The Kier molecular flexibility index (Phi) is 17.0. The summed E-state index contributed by atoms with van der Waals surface area (Å²) in [7, 11) is 0. The van der Waals surface area contributed by atoms with Crippen LogP contribution in [0, 0.1) is 3.57 Å². The number of amides is 1. The number of unbranched alkanes of at least 4 members (excludes halogenated alkanes) is 4. The number of hydrogen-bond acceptors (Lipinski definition) is 1. The summed E-state index contributed by atoms with van der Waals surface area (Å²) in [6.07, 6.45) is 28.4. The Labute approximate surface area is 197 Å². The van der Waals surface area contributed by atoms with Crippen LogP contribution in [-0.2, 0) is 11.3 Å². The largest absolute Gasteiger partial charge is 0.352 e. The maximum Gasteiger partial charge on any atom is 0.220 e. The van der Waals surface area contributed by atoms with E-state index < -0.39 is 0 Å². The average molecular weight is 520 g/mol. The van der Waals surface area contributed by atoms with Crippen molar-refractivity contribution in [3.63, 3.8) is 0 Å². The van der Waals surface area contributed by atoms with E-state index in [0.717, 1.165) is 37.7 Å². The zero-order chi connectivity index (χ0) is 21.7. The molecule has 0 radical (unpaired) electrons. The van der Waals surface area contributed by atoms with Crippen LogP contribution in [0.25, 0.3) is 0 Å². The Balaban J connectivity index is 1.97. The predicted octanol–water partition coefficient (Wildman–Crippen LogP) is 8.05. The molecule has 1 rings (SSSR count). The lowest BCUT2D eigenvalue weighted by Gasteiger charge is -2.05. The molecule has 1 N–H and O–H groups in total. The summed E-state index contributed by atoms with van der Waals surface area (Å²) < 4.78 is 1.19. The molecule has 0 unspecified atom stereocenters. The van der Waals surface area contributed by atoms with E-state index >= 15 is 0 Å². The van der Waals surface area contributed by atoms with Crippen molar-refractivity contribution in [2.75, 3.05) is 0 Å². The molecular weight excluding hydrogens is 481 g/mol. The molecule has 2 nitrogen and oxygen atoms in total. The van der Waals surface area contributed by atoms with Crippen LogP contribution >= 0.6 is 22.6 Å². The normalized spacial score (nSPS) is 12.1. The van der Waals surface area contributed by atoms with Gasteiger partial charge in [-0.05, 0) is 85.2 Å². The summed E-state index contributed by atoms with van der Waals surface area (Å²) in [6, 6.07) is 8.21. The van der Waals surface area contributed by atoms with Crippen LogP contribution in [0.5, 0.6) is 0 Å². The molecule has 0 aromatic heterocycles. The fraction of sp³-hybridized carbons (Fsp3) is 0.444. The monoisotopic (exact) mass is 519 g/mol. The van der Waals surface area contributed by atoms with Crippen LogP contribution in [-0.4, -0.2) is 5.91 Å². The van der Waals surface area contributed by atoms with Gasteiger partial charge in [-0.3, -0.25) is 4.79 Å². The van der Waals surface area contributed by atoms with Gasteiger partial charge in [0.05, 0.1) is 0 Å². The van der Waals surface area contributed by atoms with E-state index in [-0.39, 0.29) is 5.91 Å². The van der Waals surface area contributed by atoms with Crippen molar-refractivity contribution in [1.29, 1.82) is 0 Å². The first-order chi connectivity index (χ1) is 14.7. The van der Waals surface area contributed by atoms with E-state index in [9.17, 15) is 4.79 Å². The van der Waals surface area contributed by atoms with E-state index in [1.54, 1.807) is 0 Å². The van der Waals surface area contributed by atoms with Crippen LogP contribution in [0.15, 0.2) is 72.9 Å². The van der Waals surface area contributed by atoms with Crippen molar-refractivity contribution >= 4 is 28.5 Å². The Morgan fingerprint density at radius 1 is 0.867 bits per heavy atom. The van der Waals surface area contributed by atoms with Gasteiger partial charge in [0.1, 0.15) is 0 Å². The van der Waals surface area contributed by atoms with E-state index in [0.29, 0.717) is 13.0 Å². The number of carbonyl (C=O) groups is 1. The Bertz CT molecular complexity index is 688. The third-order valence-electron chi connectivity index (χ3n) is 4.61. The molecule has 1 aromatic carbocycles. The van der Waals surface area contributed by atoms with Crippen LogP contribution in [0.1, 0.15) is 76.7 Å². The molecule has 1 aromatic rings. The second kappa shape index (κ2) is 19.3. The number of nitrogens with one attached hydrogen (secondary N) is 1. The molecule has 0 aliphatic carbocycles. The average Bonchev–Trinajstić information content (AvgIpc) is 2.74. The van der Waals surface area contributed by atoms with Crippen molar-refractivity contribution in [3.8, 4) is 0 Å². The van der Waals surface area contributed by atoms with Crippen LogP contribution in [0.3, 0.4) is 0 Å². The topological polar surface area (TPSA) is 29.1 Å². The third kappa shape index (κ3) is 16.2. The minimum atomic E-state index is 0.129. The standard InChI is InChI=1S/C27H38INO/c1-2-3-4-5-6-7-8-9-10-11-12-13-14-15-16-17-18-22-27(30)29-24-25-20-19-21-26(28)23-25/h6-7,9-10,12-13,15-16,19-21,23H,2-5,8,11,14,17-18,22,24H2,1H3,(H,29,30)/b7-6-,10-9-,13-12-,16-15-. The highest BCUT2D eigenvalue weighted by atomic mass is 127. The lowest BCUT2D eigenvalue weighted by molar-refractivity contribution is -0.121. The number of allylic oxidation sites excluding steroid dienone is 8. The van der Waals surface area contributed by atoms with Gasteiger partial charge >= 0.3 is 0 Å². The van der Waals surface area contributed by atoms with Gasteiger partial charge in [-0.2, -0.15) is 0 Å². The molecule has 0 heterocycles. The van der Waals surface area contributed by atoms with Gasteiger partial charge in [0, 0.05) is 16.5 Å². The first-order valence-electron chi connectivity index (χ1n) is 11.3. The van der Waals surface area contributed by atoms with E-state index in [4.69, 9.17) is 0 Å². The van der Waals surface area contributed by atoms with Crippen LogP contribution < -0.4 is 5.32 Å². The van der Waals surface area contributed by atoms with Gasteiger partial charge in [-0.15, -0.1) is 0 Å². The molecule has 0 saturated carbocycles. The minimum absolute atomic E-state index is 0.129. The molecule has 0 atom stereocenters. The Morgan fingerprint density at radius 2 is 1.47 bits per heavy atom. The third-order valence-corrected chi connectivity index (χ3v) is 5.28. The summed E-state index contributed by atoms with van der Waals surface area (Å²) in [6.45, 7) is 2.85. The van der Waals surface area contributed by atoms with Crippen molar-refractivity contribution in [2.45, 2.75) is 77.7 Å². The molecule has 0 aliphatic heterocycles. The van der Waals surface area contributed by atoms with E-state index in [1.165, 1.54) is 29.3 Å². The van der Waals surface area contributed by atoms with Crippen molar-refractivity contribution < 1.29 is 4.79 Å². The smallest absolute Gasteiger partial charge is 0.220 e. The van der Waals surface area contributed by atoms with Crippen molar-refractivity contribution in [1.82, 2.24) is 5.32 Å². The van der Waals surface area contributed by atoms with Crippen LogP contribution in [0.2, 0.25) is 0 Å². The molecule has 0 bridgehead atoms. The molecule has 164 valence electrons. The number of rotatable bonds is 16. The van der Waals surface area contributed by atoms with Gasteiger partial charge in [0.2, 0.25) is 5.91 Å². The molecule has 0 spiro atoms. The number of benzene rings is 1. The molecule has 0 fully saturated rings. The number of hydrogen-bond donors (Lipinski definition) is 1. The Hall–Kier alpha value is -1.62. The number of carbonyl (C=O) groups excluding carboxylic acids is 1. The van der Waals surface area contributed by atoms with E-state index in [1.807, 2.05) is 12.1 Å². The molecule has 0 saturated heterocycles. The maximum atomic E-state index is 11.9. The molecule has 3 heteroatoms. The zero-order valence-electron chi connectivity index (χ0n) is 18.5. The fourth-order valence-corrected chi connectivity index (χ4v) is 3.48. The highest BCUT2D eigenvalue weighted by Gasteiger charge is 2.00. The van der Waals surface area contributed by atoms with E-state index in [2.05, 4.69) is 95.6 Å². The lowest BCUT2D eigenvalue weighted by Crippen LogP contribution is -2.22. The van der Waals surface area contributed by atoms with Crippen LogP contribution in [0.4, 0.5) is 0 Å². The minimum Gasteiger partial charge on any atom is -0.352 e. The molecular formula is C27H38INO. The summed E-state index contributed by atoms with van der Waals surface area (Å²) in [4.78, 5) is 11.9. The lowest BCUT2D eigenvalue weighted by atomic mass is 10.2. The van der Waals surface area contributed by atoms with Gasteiger partial charge in [0.15, 0.2) is 0 Å². The van der Waals surface area contributed by atoms with Gasteiger partial charge in [-0.25, -0.2) is 0 Å². The highest BCUT2D eigenvalue weighted by molar-refractivity contribution is 14.1. The van der Waals surface area contributed by atoms with Gasteiger partial charge < -0.3 is 5.32 Å². The van der Waals surface area contributed by atoms with Crippen molar-refractivity contribution in [3.05, 3.63) is 82.0 Å². The zero-order valence-corrected chi connectivity index (χ0v) is 20.7. The second-order valence-corrected chi connectivity index (χ2v) is 8.63. The second-order valence-electron chi connectivity index (χ2n) is 7.39. The molecule has 0 aliphatic rings. The van der Waals surface area contributed by atoms with Crippen molar-refractivity contribution in [2.24, 2.45) is 0 Å². The first kappa shape index (κ1) is 26.4. The summed E-state index contributed by atoms with van der Waals surface area (Å²) in [5.41, 5.74) is 1.15. The summed E-state index contributed by atoms with van der Waals surface area (Å²) in [5.74, 6) is 0.129. The maximum absolute atomic E-state index is 11.9. The summed E-state index contributed by atoms with van der Waals surface area (Å²) >= 11 is 2.29. The number of halogens is 1. The van der Waals surface area contributed by atoms with Gasteiger partial charge in [0.25, 0.3) is 0 Å². The SMILES string of the molecule is CCCCC/C=C\C/C=C\C/C=C\C/C=C\CCCC(=O)NCc1cccc(I)c1. The molecule has 1 amide bonds. The predicted molar refractivity (Wildman–Crippen MR) is 139 cm³/mol.